The lowest BCUT2D eigenvalue weighted by Crippen LogP contribution is -2.38. The molecule has 1 heterocycles. The highest BCUT2D eigenvalue weighted by Gasteiger charge is 2.15. The molecule has 0 saturated heterocycles. The van der Waals surface area contributed by atoms with Crippen molar-refractivity contribution in [2.75, 3.05) is 7.11 Å². The minimum absolute atomic E-state index is 0.0408. The number of hydrogen-bond donors (Lipinski definition) is 1. The molecule has 0 aliphatic heterocycles. The van der Waals surface area contributed by atoms with Gasteiger partial charge in [0.15, 0.2) is 0 Å². The highest BCUT2D eigenvalue weighted by molar-refractivity contribution is 5.81. The summed E-state index contributed by atoms with van der Waals surface area (Å²) >= 11 is 0. The second kappa shape index (κ2) is 7.79. The molecule has 0 fully saturated rings. The Hall–Kier alpha value is -3.09. The number of nitrogens with two attached hydrogens (primary N) is 1. The predicted molar refractivity (Wildman–Crippen MR) is 85.8 cm³/mol. The summed E-state index contributed by atoms with van der Waals surface area (Å²) in [6.07, 6.45) is 3.19. The van der Waals surface area contributed by atoms with Gasteiger partial charge in [-0.2, -0.15) is 5.06 Å². The van der Waals surface area contributed by atoms with Crippen molar-refractivity contribution in [3.8, 4) is 5.75 Å². The standard InChI is InChI=1S/C16H18N4O3/c1-12(21)23-20(11-13-6-3-4-8-15(13)22-2)16(17)19-14-7-5-9-18-10-14/h3-10H,11H2,1-2H3,(H2,17,19). The number of aliphatic imine (C=N–C) groups is 1. The quantitative estimate of drug-likeness (QED) is 0.527. The third kappa shape index (κ3) is 4.70. The van der Waals surface area contributed by atoms with Crippen molar-refractivity contribution in [1.29, 1.82) is 0 Å². The Morgan fingerprint density at radius 3 is 2.74 bits per heavy atom. The van der Waals surface area contributed by atoms with Gasteiger partial charge in [-0.15, -0.1) is 0 Å². The highest BCUT2D eigenvalue weighted by atomic mass is 16.7. The van der Waals surface area contributed by atoms with Crippen molar-refractivity contribution in [3.63, 3.8) is 0 Å². The zero-order chi connectivity index (χ0) is 16.7. The lowest BCUT2D eigenvalue weighted by molar-refractivity contribution is -0.172. The molecule has 1 aromatic heterocycles. The summed E-state index contributed by atoms with van der Waals surface area (Å²) < 4.78 is 5.29. The second-order valence-electron chi connectivity index (χ2n) is 4.61. The Bertz CT molecular complexity index is 689. The van der Waals surface area contributed by atoms with E-state index in [0.717, 1.165) is 5.56 Å². The van der Waals surface area contributed by atoms with Crippen molar-refractivity contribution in [1.82, 2.24) is 10.0 Å². The molecule has 0 aliphatic carbocycles. The van der Waals surface area contributed by atoms with Crippen molar-refractivity contribution in [2.45, 2.75) is 13.5 Å². The van der Waals surface area contributed by atoms with E-state index in [1.165, 1.54) is 12.0 Å². The molecular formula is C16H18N4O3. The number of ether oxygens (including phenoxy) is 1. The number of carbonyl (C=O) groups is 1. The lowest BCUT2D eigenvalue weighted by atomic mass is 10.2. The van der Waals surface area contributed by atoms with Gasteiger partial charge in [-0.3, -0.25) is 9.78 Å². The van der Waals surface area contributed by atoms with Crippen LogP contribution in [0.4, 0.5) is 5.69 Å². The SMILES string of the molecule is COc1ccccc1CN(OC(C)=O)C(N)=Nc1cccnc1. The number of aromatic nitrogens is 1. The number of rotatable bonds is 4. The van der Waals surface area contributed by atoms with E-state index in [1.54, 1.807) is 31.6 Å². The molecule has 0 bridgehead atoms. The third-order valence-electron chi connectivity index (χ3n) is 2.89. The minimum atomic E-state index is -0.496. The van der Waals surface area contributed by atoms with Crippen LogP contribution in [0.25, 0.3) is 0 Å². The van der Waals surface area contributed by atoms with Gasteiger partial charge < -0.3 is 15.3 Å². The van der Waals surface area contributed by atoms with Gasteiger partial charge >= 0.3 is 5.97 Å². The Morgan fingerprint density at radius 2 is 2.09 bits per heavy atom. The maximum absolute atomic E-state index is 11.3. The first-order valence-electron chi connectivity index (χ1n) is 6.92. The van der Waals surface area contributed by atoms with Crippen LogP contribution in [-0.4, -0.2) is 29.1 Å². The highest BCUT2D eigenvalue weighted by Crippen LogP contribution is 2.20. The largest absolute Gasteiger partial charge is 0.496 e. The molecule has 0 saturated carbocycles. The van der Waals surface area contributed by atoms with Crippen LogP contribution in [0.5, 0.6) is 5.75 Å². The summed E-state index contributed by atoms with van der Waals surface area (Å²) in [4.78, 5) is 24.7. The molecule has 7 heteroatoms. The van der Waals surface area contributed by atoms with Gasteiger partial charge in [0.1, 0.15) is 5.75 Å². The first kappa shape index (κ1) is 16.3. The van der Waals surface area contributed by atoms with Crippen molar-refractivity contribution in [2.24, 2.45) is 10.7 Å². The van der Waals surface area contributed by atoms with Gasteiger partial charge in [-0.1, -0.05) is 18.2 Å². The Kier molecular flexibility index (Phi) is 5.51. The fourth-order valence-electron chi connectivity index (χ4n) is 1.91. The number of nitrogens with zero attached hydrogens (tertiary/aromatic N) is 3. The van der Waals surface area contributed by atoms with E-state index in [-0.39, 0.29) is 12.5 Å². The van der Waals surface area contributed by atoms with Gasteiger partial charge in [0.25, 0.3) is 0 Å². The number of methoxy groups -OCH3 is 1. The molecular weight excluding hydrogens is 296 g/mol. The van der Waals surface area contributed by atoms with E-state index in [1.807, 2.05) is 24.3 Å². The van der Waals surface area contributed by atoms with E-state index in [4.69, 9.17) is 15.3 Å². The molecule has 2 rings (SSSR count). The number of hydroxylamine groups is 2. The Balaban J connectivity index is 2.26. The summed E-state index contributed by atoms with van der Waals surface area (Å²) in [5.74, 6) is 0.210. The molecule has 0 spiro atoms. The lowest BCUT2D eigenvalue weighted by Gasteiger charge is -2.22. The van der Waals surface area contributed by atoms with E-state index in [2.05, 4.69) is 9.98 Å². The maximum Gasteiger partial charge on any atom is 0.329 e. The van der Waals surface area contributed by atoms with E-state index < -0.39 is 5.97 Å². The predicted octanol–water partition coefficient (Wildman–Crippen LogP) is 2.02. The van der Waals surface area contributed by atoms with Crippen molar-refractivity contribution in [3.05, 3.63) is 54.4 Å². The molecule has 0 atom stereocenters. The van der Waals surface area contributed by atoms with E-state index >= 15 is 0 Å². The number of guanidine groups is 1. The topological polar surface area (TPSA) is 90.0 Å². The molecule has 0 aliphatic rings. The summed E-state index contributed by atoms with van der Waals surface area (Å²) in [6, 6.07) is 10.9. The molecule has 2 N–H and O–H groups in total. The van der Waals surface area contributed by atoms with Crippen LogP contribution in [0, 0.1) is 0 Å². The summed E-state index contributed by atoms with van der Waals surface area (Å²) in [6.45, 7) is 1.51. The van der Waals surface area contributed by atoms with Crippen LogP contribution < -0.4 is 10.5 Å². The van der Waals surface area contributed by atoms with Gasteiger partial charge in [-0.25, -0.2) is 4.99 Å². The normalized spacial score (nSPS) is 11.0. The van der Waals surface area contributed by atoms with Gasteiger partial charge in [0, 0.05) is 18.7 Å². The Labute approximate surface area is 134 Å². The van der Waals surface area contributed by atoms with E-state index in [9.17, 15) is 4.79 Å². The number of carbonyl (C=O) groups excluding carboxylic acids is 1. The summed E-state index contributed by atoms with van der Waals surface area (Å²) in [5.41, 5.74) is 7.33. The first-order valence-corrected chi connectivity index (χ1v) is 6.92. The number of benzene rings is 1. The maximum atomic E-state index is 11.3. The van der Waals surface area contributed by atoms with Crippen LogP contribution in [0.3, 0.4) is 0 Å². The molecule has 0 amide bonds. The summed E-state index contributed by atoms with van der Waals surface area (Å²) in [7, 11) is 1.57. The van der Waals surface area contributed by atoms with E-state index in [0.29, 0.717) is 11.4 Å². The molecule has 120 valence electrons. The van der Waals surface area contributed by atoms with Gasteiger partial charge in [0.05, 0.1) is 25.5 Å². The zero-order valence-corrected chi connectivity index (χ0v) is 13.0. The summed E-state index contributed by atoms with van der Waals surface area (Å²) in [5, 5.41) is 1.22. The Morgan fingerprint density at radius 1 is 1.30 bits per heavy atom. The second-order valence-corrected chi connectivity index (χ2v) is 4.61. The average Bonchev–Trinajstić information content (AvgIpc) is 2.55. The third-order valence-corrected chi connectivity index (χ3v) is 2.89. The molecule has 0 radical (unpaired) electrons. The van der Waals surface area contributed by atoms with Crippen LogP contribution in [-0.2, 0) is 16.2 Å². The fraction of sp³-hybridized carbons (Fsp3) is 0.188. The molecule has 7 nitrogen and oxygen atoms in total. The van der Waals surface area contributed by atoms with Crippen LogP contribution in [0.1, 0.15) is 12.5 Å². The molecule has 0 unspecified atom stereocenters. The average molecular weight is 314 g/mol. The molecule has 2 aromatic rings. The van der Waals surface area contributed by atoms with Crippen molar-refractivity contribution >= 4 is 17.6 Å². The fourth-order valence-corrected chi connectivity index (χ4v) is 1.91. The van der Waals surface area contributed by atoms with Gasteiger partial charge in [0.2, 0.25) is 5.96 Å². The number of hydrogen-bond acceptors (Lipinski definition) is 5. The zero-order valence-electron chi connectivity index (χ0n) is 13.0. The van der Waals surface area contributed by atoms with Crippen molar-refractivity contribution < 1.29 is 14.4 Å². The van der Waals surface area contributed by atoms with Crippen LogP contribution in [0.2, 0.25) is 0 Å². The smallest absolute Gasteiger partial charge is 0.329 e. The first-order chi connectivity index (χ1) is 11.1. The number of para-hydroxylation sites is 1. The monoisotopic (exact) mass is 314 g/mol. The minimum Gasteiger partial charge on any atom is -0.496 e. The van der Waals surface area contributed by atoms with Crippen LogP contribution >= 0.6 is 0 Å². The van der Waals surface area contributed by atoms with Crippen LogP contribution in [0.15, 0.2) is 53.8 Å². The number of pyridine rings is 1. The molecule has 23 heavy (non-hydrogen) atoms. The van der Waals surface area contributed by atoms with Gasteiger partial charge in [-0.05, 0) is 18.2 Å². The molecule has 1 aromatic carbocycles.